The molecule has 0 saturated carbocycles. The second-order valence-corrected chi connectivity index (χ2v) is 7.75. The molecule has 0 aromatic heterocycles. The number of phenols is 1. The first kappa shape index (κ1) is 22.9. The van der Waals surface area contributed by atoms with E-state index in [-0.39, 0.29) is 22.1 Å². The van der Waals surface area contributed by atoms with Crippen molar-refractivity contribution in [2.75, 3.05) is 24.7 Å². The van der Waals surface area contributed by atoms with Gasteiger partial charge < -0.3 is 19.7 Å². The molecule has 0 aliphatic rings. The Hall–Kier alpha value is -2.38. The van der Waals surface area contributed by atoms with Crippen molar-refractivity contribution >= 4 is 35.1 Å². The van der Waals surface area contributed by atoms with Crippen LogP contribution in [0.2, 0.25) is 5.02 Å². The van der Waals surface area contributed by atoms with Crippen LogP contribution in [0, 0.1) is 6.92 Å². The van der Waals surface area contributed by atoms with E-state index >= 15 is 0 Å². The predicted molar refractivity (Wildman–Crippen MR) is 114 cm³/mol. The summed E-state index contributed by atoms with van der Waals surface area (Å²) in [6, 6.07) is 7.77. The Balaban J connectivity index is 1.71. The van der Waals surface area contributed by atoms with Gasteiger partial charge in [0.1, 0.15) is 17.2 Å². The Morgan fingerprint density at radius 2 is 1.72 bits per heavy atom. The van der Waals surface area contributed by atoms with Crippen LogP contribution in [-0.2, 0) is 0 Å². The summed E-state index contributed by atoms with van der Waals surface area (Å²) in [7, 11) is 0. The maximum atomic E-state index is 11.8. The lowest BCUT2D eigenvalue weighted by Crippen LogP contribution is -2.06. The molecule has 0 aliphatic carbocycles. The maximum absolute atomic E-state index is 11.8. The Labute approximate surface area is 178 Å². The van der Waals surface area contributed by atoms with Gasteiger partial charge in [-0.3, -0.25) is 4.79 Å². The Bertz CT molecular complexity index is 884. The first-order valence-corrected chi connectivity index (χ1v) is 10.6. The number of aromatic hydroxyl groups is 1. The molecule has 0 amide bonds. The molecule has 2 N–H and O–H groups in total. The standard InChI is InChI=1S/C21H23ClO6S/c1-3-18(23)16-6-7-19(13(2)20(16)24)28-9-11-29-10-8-27-14-4-5-15(21(25)26)17(22)12-14/h4-7,12,24H,3,8-11H2,1-2H3,(H,25,26). The fourth-order valence-electron chi connectivity index (χ4n) is 2.54. The number of ether oxygens (including phenoxy) is 2. The molecule has 8 heteroatoms. The van der Waals surface area contributed by atoms with Crippen LogP contribution in [0.5, 0.6) is 17.2 Å². The lowest BCUT2D eigenvalue weighted by atomic mass is 10.0. The van der Waals surface area contributed by atoms with Crippen LogP contribution in [0.3, 0.4) is 0 Å². The number of halogens is 1. The topological polar surface area (TPSA) is 93.1 Å². The number of carbonyl (C=O) groups is 2. The molecule has 0 aliphatic heterocycles. The number of phenolic OH excluding ortho intramolecular Hbond substituents is 1. The van der Waals surface area contributed by atoms with E-state index in [1.54, 1.807) is 43.8 Å². The van der Waals surface area contributed by atoms with Crippen molar-refractivity contribution in [2.45, 2.75) is 20.3 Å². The molecule has 0 bridgehead atoms. The minimum atomic E-state index is -1.08. The zero-order valence-electron chi connectivity index (χ0n) is 16.2. The minimum Gasteiger partial charge on any atom is -0.507 e. The summed E-state index contributed by atoms with van der Waals surface area (Å²) in [4.78, 5) is 22.7. The molecule has 0 saturated heterocycles. The van der Waals surface area contributed by atoms with Crippen LogP contribution in [0.4, 0.5) is 0 Å². The normalized spacial score (nSPS) is 10.6. The van der Waals surface area contributed by atoms with Crippen LogP contribution >= 0.6 is 23.4 Å². The van der Waals surface area contributed by atoms with Crippen molar-refractivity contribution in [3.63, 3.8) is 0 Å². The molecule has 0 radical (unpaired) electrons. The van der Waals surface area contributed by atoms with Crippen LogP contribution < -0.4 is 9.47 Å². The third-order valence-electron chi connectivity index (χ3n) is 4.16. The molecule has 29 heavy (non-hydrogen) atoms. The van der Waals surface area contributed by atoms with E-state index in [4.69, 9.17) is 26.2 Å². The van der Waals surface area contributed by atoms with Crippen LogP contribution in [0.25, 0.3) is 0 Å². The molecule has 2 aromatic rings. The second kappa shape index (κ2) is 11.0. The number of aromatic carboxylic acids is 1. The number of ketones is 1. The summed E-state index contributed by atoms with van der Waals surface area (Å²) in [6.45, 7) is 4.37. The molecule has 156 valence electrons. The zero-order chi connectivity index (χ0) is 21.4. The third-order valence-corrected chi connectivity index (χ3v) is 5.38. The van der Waals surface area contributed by atoms with E-state index in [1.165, 1.54) is 12.1 Å². The maximum Gasteiger partial charge on any atom is 0.337 e. The first-order chi connectivity index (χ1) is 13.8. The summed E-state index contributed by atoms with van der Waals surface area (Å²) >= 11 is 7.54. The van der Waals surface area contributed by atoms with Crippen molar-refractivity contribution < 1.29 is 29.3 Å². The molecule has 6 nitrogen and oxygen atoms in total. The van der Waals surface area contributed by atoms with Gasteiger partial charge in [0.05, 0.1) is 29.4 Å². The van der Waals surface area contributed by atoms with Crippen molar-refractivity contribution in [1.82, 2.24) is 0 Å². The van der Waals surface area contributed by atoms with Gasteiger partial charge in [0.2, 0.25) is 0 Å². The van der Waals surface area contributed by atoms with E-state index in [1.807, 2.05) is 0 Å². The monoisotopic (exact) mass is 438 g/mol. The van der Waals surface area contributed by atoms with E-state index in [9.17, 15) is 14.7 Å². The summed E-state index contributed by atoms with van der Waals surface area (Å²) in [5.74, 6) is 1.31. The minimum absolute atomic E-state index is 0.0250. The lowest BCUT2D eigenvalue weighted by Gasteiger charge is -2.12. The number of Topliss-reactive ketones (excluding diaryl/α,β-unsaturated/α-hetero) is 1. The van der Waals surface area contributed by atoms with E-state index in [0.29, 0.717) is 42.3 Å². The molecule has 0 spiro atoms. The quantitative estimate of drug-likeness (QED) is 0.383. The Morgan fingerprint density at radius 3 is 2.34 bits per heavy atom. The SMILES string of the molecule is CCC(=O)c1ccc(OCCSCCOc2ccc(C(=O)O)c(Cl)c2)c(C)c1O. The van der Waals surface area contributed by atoms with E-state index in [0.717, 1.165) is 11.5 Å². The van der Waals surface area contributed by atoms with Crippen molar-refractivity contribution in [1.29, 1.82) is 0 Å². The summed E-state index contributed by atoms with van der Waals surface area (Å²) < 4.78 is 11.3. The highest BCUT2D eigenvalue weighted by molar-refractivity contribution is 7.99. The number of hydrogen-bond acceptors (Lipinski definition) is 6. The summed E-state index contributed by atoms with van der Waals surface area (Å²) in [5, 5.41) is 19.3. The summed E-state index contributed by atoms with van der Waals surface area (Å²) in [6.07, 6.45) is 0.335. The number of carbonyl (C=O) groups excluding carboxylic acids is 1. The molecule has 2 aromatic carbocycles. The summed E-state index contributed by atoms with van der Waals surface area (Å²) in [5.41, 5.74) is 0.915. The number of carboxylic acid groups (broad SMARTS) is 1. The van der Waals surface area contributed by atoms with Gasteiger partial charge in [-0.15, -0.1) is 0 Å². The average Bonchev–Trinajstić information content (AvgIpc) is 2.69. The van der Waals surface area contributed by atoms with Gasteiger partial charge in [-0.2, -0.15) is 11.8 Å². The number of thioether (sulfide) groups is 1. The van der Waals surface area contributed by atoms with Crippen LogP contribution in [0.1, 0.15) is 39.6 Å². The van der Waals surface area contributed by atoms with Gasteiger partial charge >= 0.3 is 5.97 Å². The van der Waals surface area contributed by atoms with Crippen LogP contribution in [-0.4, -0.2) is 46.7 Å². The molecular weight excluding hydrogens is 416 g/mol. The fraction of sp³-hybridized carbons (Fsp3) is 0.333. The Kier molecular flexibility index (Phi) is 8.67. The number of rotatable bonds is 11. The highest BCUT2D eigenvalue weighted by Gasteiger charge is 2.14. The second-order valence-electron chi connectivity index (χ2n) is 6.12. The highest BCUT2D eigenvalue weighted by atomic mass is 35.5. The fourth-order valence-corrected chi connectivity index (χ4v) is 3.40. The van der Waals surface area contributed by atoms with E-state index < -0.39 is 5.97 Å². The number of carboxylic acids is 1. The van der Waals surface area contributed by atoms with E-state index in [2.05, 4.69) is 0 Å². The van der Waals surface area contributed by atoms with Gasteiger partial charge in [-0.1, -0.05) is 18.5 Å². The Morgan fingerprint density at radius 1 is 1.07 bits per heavy atom. The van der Waals surface area contributed by atoms with Crippen LogP contribution in [0.15, 0.2) is 30.3 Å². The molecular formula is C21H23ClO6S. The van der Waals surface area contributed by atoms with Gasteiger partial charge in [-0.05, 0) is 37.3 Å². The average molecular weight is 439 g/mol. The molecule has 0 unspecified atom stereocenters. The van der Waals surface area contributed by atoms with Gasteiger partial charge in [0.15, 0.2) is 5.78 Å². The largest absolute Gasteiger partial charge is 0.507 e. The molecule has 0 fully saturated rings. The smallest absolute Gasteiger partial charge is 0.337 e. The predicted octanol–water partition coefficient (Wildman–Crippen LogP) is 4.84. The number of hydrogen-bond donors (Lipinski definition) is 2. The van der Waals surface area contributed by atoms with Crippen molar-refractivity contribution in [3.05, 3.63) is 52.0 Å². The van der Waals surface area contributed by atoms with Gasteiger partial charge in [0.25, 0.3) is 0 Å². The number of benzene rings is 2. The van der Waals surface area contributed by atoms with Crippen molar-refractivity contribution in [2.24, 2.45) is 0 Å². The lowest BCUT2D eigenvalue weighted by molar-refractivity contribution is 0.0696. The third kappa shape index (κ3) is 6.30. The first-order valence-electron chi connectivity index (χ1n) is 9.07. The zero-order valence-corrected chi connectivity index (χ0v) is 17.8. The van der Waals surface area contributed by atoms with Crippen molar-refractivity contribution in [3.8, 4) is 17.2 Å². The molecule has 0 heterocycles. The molecule has 2 rings (SSSR count). The van der Waals surface area contributed by atoms with Gasteiger partial charge in [0, 0.05) is 23.5 Å². The highest BCUT2D eigenvalue weighted by Crippen LogP contribution is 2.31. The van der Waals surface area contributed by atoms with Gasteiger partial charge in [-0.25, -0.2) is 4.79 Å². The molecule has 0 atom stereocenters.